The normalized spacial score (nSPS) is 15.2. The highest BCUT2D eigenvalue weighted by Crippen LogP contribution is 2.29. The zero-order chi connectivity index (χ0) is 17.8. The monoisotopic (exact) mass is 363 g/mol. The molecule has 1 aliphatic heterocycles. The molecule has 132 valence electrons. The summed E-state index contributed by atoms with van der Waals surface area (Å²) in [6.07, 6.45) is 3.66. The van der Waals surface area contributed by atoms with Crippen LogP contribution in [-0.4, -0.2) is 46.9 Å². The molecule has 26 heavy (non-hydrogen) atoms. The lowest BCUT2D eigenvalue weighted by molar-refractivity contribution is 0.0634. The molecule has 5 heteroatoms. The summed E-state index contributed by atoms with van der Waals surface area (Å²) in [7, 11) is 0. The lowest BCUT2D eigenvalue weighted by atomic mass is 10.1. The van der Waals surface area contributed by atoms with Crippen molar-refractivity contribution in [3.8, 4) is 11.1 Å². The minimum Gasteiger partial charge on any atom is -0.335 e. The second kappa shape index (κ2) is 7.81. The topological polar surface area (TPSA) is 36.4 Å². The van der Waals surface area contributed by atoms with Crippen LogP contribution < -0.4 is 0 Å². The van der Waals surface area contributed by atoms with Crippen molar-refractivity contribution in [1.82, 2.24) is 14.8 Å². The molecule has 0 radical (unpaired) electrons. The Labute approximate surface area is 157 Å². The van der Waals surface area contributed by atoms with Gasteiger partial charge >= 0.3 is 0 Å². The Hall–Kier alpha value is -2.50. The van der Waals surface area contributed by atoms with Gasteiger partial charge in [0.05, 0.1) is 4.88 Å². The van der Waals surface area contributed by atoms with Crippen molar-refractivity contribution in [3.63, 3.8) is 0 Å². The summed E-state index contributed by atoms with van der Waals surface area (Å²) in [4.78, 5) is 22.3. The standard InChI is InChI=1S/C21H21N3OS/c25-21(20-19(8-15-26-20)18-4-2-1-3-5-18)24-13-11-23(12-14-24)16-17-6-9-22-10-7-17/h1-10,15H,11-14,16H2. The number of aromatic nitrogens is 1. The average Bonchev–Trinajstić information content (AvgIpc) is 3.19. The van der Waals surface area contributed by atoms with Crippen molar-refractivity contribution < 1.29 is 4.79 Å². The largest absolute Gasteiger partial charge is 0.335 e. The first-order chi connectivity index (χ1) is 12.8. The summed E-state index contributed by atoms with van der Waals surface area (Å²) in [5.41, 5.74) is 3.41. The summed E-state index contributed by atoms with van der Waals surface area (Å²) >= 11 is 1.54. The number of carbonyl (C=O) groups excluding carboxylic acids is 1. The number of thiophene rings is 1. The van der Waals surface area contributed by atoms with Crippen LogP contribution in [0.5, 0.6) is 0 Å². The molecule has 0 aliphatic carbocycles. The molecule has 3 heterocycles. The molecule has 3 aromatic rings. The van der Waals surface area contributed by atoms with Gasteiger partial charge in [0.15, 0.2) is 0 Å². The van der Waals surface area contributed by atoms with Crippen molar-refractivity contribution in [2.75, 3.05) is 26.2 Å². The van der Waals surface area contributed by atoms with E-state index < -0.39 is 0 Å². The molecule has 4 rings (SSSR count). The van der Waals surface area contributed by atoms with Crippen LogP contribution in [0, 0.1) is 0 Å². The summed E-state index contributed by atoms with van der Waals surface area (Å²) in [5, 5.41) is 2.01. The van der Waals surface area contributed by atoms with E-state index in [0.717, 1.165) is 48.7 Å². The maximum absolute atomic E-state index is 13.0. The first kappa shape index (κ1) is 16.9. The van der Waals surface area contributed by atoms with Crippen molar-refractivity contribution >= 4 is 17.2 Å². The molecule has 2 aromatic heterocycles. The summed E-state index contributed by atoms with van der Waals surface area (Å²) in [6.45, 7) is 4.27. The zero-order valence-electron chi connectivity index (χ0n) is 14.5. The van der Waals surface area contributed by atoms with Gasteiger partial charge in [-0.2, -0.15) is 0 Å². The molecule has 0 bridgehead atoms. The third-order valence-electron chi connectivity index (χ3n) is 4.76. The van der Waals surface area contributed by atoms with Crippen molar-refractivity contribution in [1.29, 1.82) is 0 Å². The van der Waals surface area contributed by atoms with Crippen LogP contribution in [0.15, 0.2) is 66.3 Å². The summed E-state index contributed by atoms with van der Waals surface area (Å²) in [5.74, 6) is 0.155. The Morgan fingerprint density at radius 3 is 2.42 bits per heavy atom. The van der Waals surface area contributed by atoms with E-state index in [1.807, 2.05) is 46.9 Å². The van der Waals surface area contributed by atoms with Crippen LogP contribution in [0.1, 0.15) is 15.2 Å². The number of nitrogens with zero attached hydrogens (tertiary/aromatic N) is 3. The third-order valence-corrected chi connectivity index (χ3v) is 5.66. The van der Waals surface area contributed by atoms with Crippen LogP contribution in [0.4, 0.5) is 0 Å². The fourth-order valence-electron chi connectivity index (χ4n) is 3.32. The van der Waals surface area contributed by atoms with Crippen LogP contribution in [0.25, 0.3) is 11.1 Å². The second-order valence-electron chi connectivity index (χ2n) is 6.45. The van der Waals surface area contributed by atoms with Crippen molar-refractivity contribution in [2.45, 2.75) is 6.54 Å². The number of hydrogen-bond donors (Lipinski definition) is 0. The van der Waals surface area contributed by atoms with Gasteiger partial charge in [0.25, 0.3) is 5.91 Å². The van der Waals surface area contributed by atoms with Gasteiger partial charge in [-0.3, -0.25) is 14.7 Å². The van der Waals surface area contributed by atoms with Gasteiger partial charge < -0.3 is 4.90 Å². The minimum atomic E-state index is 0.155. The molecule has 4 nitrogen and oxygen atoms in total. The molecule has 0 N–H and O–H groups in total. The Bertz CT molecular complexity index is 855. The Balaban J connectivity index is 1.41. The molecule has 0 spiro atoms. The van der Waals surface area contributed by atoms with E-state index in [2.05, 4.69) is 34.1 Å². The van der Waals surface area contributed by atoms with Crippen LogP contribution in [-0.2, 0) is 6.54 Å². The van der Waals surface area contributed by atoms with E-state index in [4.69, 9.17) is 0 Å². The predicted molar refractivity (Wildman–Crippen MR) is 105 cm³/mol. The number of pyridine rings is 1. The number of rotatable bonds is 4. The van der Waals surface area contributed by atoms with E-state index in [-0.39, 0.29) is 5.91 Å². The van der Waals surface area contributed by atoms with Gasteiger partial charge in [-0.15, -0.1) is 11.3 Å². The highest BCUT2D eigenvalue weighted by molar-refractivity contribution is 7.12. The SMILES string of the molecule is O=C(c1sccc1-c1ccccc1)N1CCN(Cc2ccncc2)CC1. The summed E-state index contributed by atoms with van der Waals surface area (Å²) in [6, 6.07) is 16.3. The van der Waals surface area contributed by atoms with Crippen LogP contribution in [0.3, 0.4) is 0 Å². The van der Waals surface area contributed by atoms with E-state index in [0.29, 0.717) is 0 Å². The van der Waals surface area contributed by atoms with Gasteiger partial charge in [-0.05, 0) is 34.7 Å². The highest BCUT2D eigenvalue weighted by Gasteiger charge is 2.25. The first-order valence-electron chi connectivity index (χ1n) is 8.85. The highest BCUT2D eigenvalue weighted by atomic mass is 32.1. The fraction of sp³-hybridized carbons (Fsp3) is 0.238. The lowest BCUT2D eigenvalue weighted by Gasteiger charge is -2.34. The maximum Gasteiger partial charge on any atom is 0.264 e. The van der Waals surface area contributed by atoms with E-state index >= 15 is 0 Å². The number of hydrogen-bond acceptors (Lipinski definition) is 4. The fourth-order valence-corrected chi connectivity index (χ4v) is 4.20. The molecular weight excluding hydrogens is 342 g/mol. The minimum absolute atomic E-state index is 0.155. The second-order valence-corrected chi connectivity index (χ2v) is 7.37. The number of amides is 1. The van der Waals surface area contributed by atoms with E-state index in [1.54, 1.807) is 0 Å². The van der Waals surface area contributed by atoms with Gasteiger partial charge in [0.1, 0.15) is 0 Å². The van der Waals surface area contributed by atoms with E-state index in [9.17, 15) is 4.79 Å². The third kappa shape index (κ3) is 3.69. The molecule has 1 fully saturated rings. The Kier molecular flexibility index (Phi) is 5.09. The van der Waals surface area contributed by atoms with Gasteiger partial charge in [-0.1, -0.05) is 30.3 Å². The van der Waals surface area contributed by atoms with Crippen molar-refractivity contribution in [3.05, 3.63) is 76.7 Å². The summed E-state index contributed by atoms with van der Waals surface area (Å²) < 4.78 is 0. The van der Waals surface area contributed by atoms with Crippen LogP contribution >= 0.6 is 11.3 Å². The molecule has 1 aromatic carbocycles. The smallest absolute Gasteiger partial charge is 0.264 e. The van der Waals surface area contributed by atoms with Crippen LogP contribution in [0.2, 0.25) is 0 Å². The molecular formula is C21H21N3OS. The number of piperazine rings is 1. The Morgan fingerprint density at radius 1 is 0.962 bits per heavy atom. The predicted octanol–water partition coefficient (Wildman–Crippen LogP) is 3.77. The molecule has 1 saturated heterocycles. The van der Waals surface area contributed by atoms with Gasteiger partial charge in [0, 0.05) is 50.7 Å². The lowest BCUT2D eigenvalue weighted by Crippen LogP contribution is -2.48. The first-order valence-corrected chi connectivity index (χ1v) is 9.73. The zero-order valence-corrected chi connectivity index (χ0v) is 15.4. The van der Waals surface area contributed by atoms with Gasteiger partial charge in [0.2, 0.25) is 0 Å². The van der Waals surface area contributed by atoms with E-state index in [1.165, 1.54) is 16.9 Å². The number of benzene rings is 1. The van der Waals surface area contributed by atoms with Gasteiger partial charge in [-0.25, -0.2) is 0 Å². The molecule has 1 amide bonds. The number of carbonyl (C=O) groups is 1. The molecule has 0 saturated carbocycles. The molecule has 1 aliphatic rings. The maximum atomic E-state index is 13.0. The average molecular weight is 363 g/mol. The van der Waals surface area contributed by atoms with Crippen molar-refractivity contribution in [2.24, 2.45) is 0 Å². The quantitative estimate of drug-likeness (QED) is 0.708. The molecule has 0 atom stereocenters. The Morgan fingerprint density at radius 2 is 1.69 bits per heavy atom. The molecule has 0 unspecified atom stereocenters.